The summed E-state index contributed by atoms with van der Waals surface area (Å²) < 4.78 is 2.18. The Bertz CT molecular complexity index is 802. The van der Waals surface area contributed by atoms with Crippen molar-refractivity contribution >= 4 is 11.7 Å². The second-order valence-corrected chi connectivity index (χ2v) is 7.34. The van der Waals surface area contributed by atoms with Crippen molar-refractivity contribution in [3.63, 3.8) is 0 Å². The van der Waals surface area contributed by atoms with Gasteiger partial charge in [-0.2, -0.15) is 0 Å². The molecule has 0 aliphatic carbocycles. The molecule has 2 aromatic rings. The summed E-state index contributed by atoms with van der Waals surface area (Å²) in [7, 11) is 0. The molecule has 1 aromatic carbocycles. The third-order valence-electron chi connectivity index (χ3n) is 5.52. The molecule has 0 spiro atoms. The molecule has 3 rings (SSSR count). The first-order chi connectivity index (χ1) is 13.0. The molecule has 1 fully saturated rings. The van der Waals surface area contributed by atoms with Gasteiger partial charge in [-0.25, -0.2) is 0 Å². The summed E-state index contributed by atoms with van der Waals surface area (Å²) in [5, 5.41) is 3.11. The molecule has 1 aromatic heterocycles. The van der Waals surface area contributed by atoms with Gasteiger partial charge in [-0.05, 0) is 51.8 Å². The maximum Gasteiger partial charge on any atom is 0.251 e. The van der Waals surface area contributed by atoms with E-state index in [9.17, 15) is 9.59 Å². The molecule has 27 heavy (non-hydrogen) atoms. The Morgan fingerprint density at radius 3 is 2.37 bits per heavy atom. The van der Waals surface area contributed by atoms with Crippen LogP contribution in [0.2, 0.25) is 0 Å². The molecule has 5 heteroatoms. The molecule has 1 N–H and O–H groups in total. The first-order valence-electron chi connectivity index (χ1n) is 9.77. The summed E-state index contributed by atoms with van der Waals surface area (Å²) in [5.74, 6) is 0.173. The first-order valence-corrected chi connectivity index (χ1v) is 9.77. The van der Waals surface area contributed by atoms with E-state index in [-0.39, 0.29) is 17.7 Å². The third-order valence-corrected chi connectivity index (χ3v) is 5.52. The molecule has 2 heterocycles. The fourth-order valence-corrected chi connectivity index (χ4v) is 3.95. The van der Waals surface area contributed by atoms with Gasteiger partial charge in [-0.3, -0.25) is 14.5 Å². The van der Waals surface area contributed by atoms with Crippen LogP contribution in [0.25, 0.3) is 0 Å². The monoisotopic (exact) mass is 367 g/mol. The van der Waals surface area contributed by atoms with E-state index in [0.717, 1.165) is 49.4 Å². The summed E-state index contributed by atoms with van der Waals surface area (Å²) in [4.78, 5) is 27.2. The number of likely N-dealkylation sites (tertiary alicyclic amines) is 1. The van der Waals surface area contributed by atoms with Crippen LogP contribution in [0, 0.1) is 13.8 Å². The SMILES string of the molecule is CCn1c(C)cc(C(=O)CN2CCC(NC(=O)c3ccccc3)CC2)c1C. The van der Waals surface area contributed by atoms with Crippen molar-refractivity contribution in [2.45, 2.75) is 46.2 Å². The predicted molar refractivity (Wildman–Crippen MR) is 107 cm³/mol. The Morgan fingerprint density at radius 2 is 1.78 bits per heavy atom. The van der Waals surface area contributed by atoms with Crippen molar-refractivity contribution in [2.24, 2.45) is 0 Å². The van der Waals surface area contributed by atoms with Crippen molar-refractivity contribution in [2.75, 3.05) is 19.6 Å². The summed E-state index contributed by atoms with van der Waals surface area (Å²) in [5.41, 5.74) is 3.74. The molecular weight excluding hydrogens is 338 g/mol. The van der Waals surface area contributed by atoms with Gasteiger partial charge in [0.25, 0.3) is 5.91 Å². The van der Waals surface area contributed by atoms with E-state index in [0.29, 0.717) is 12.1 Å². The standard InChI is InChI=1S/C22H29N3O2/c1-4-25-16(2)14-20(17(25)3)21(26)15-24-12-10-19(11-13-24)23-22(27)18-8-6-5-7-9-18/h5-9,14,19H,4,10-13,15H2,1-3H3,(H,23,27). The molecule has 0 atom stereocenters. The van der Waals surface area contributed by atoms with Crippen LogP contribution in [-0.2, 0) is 6.54 Å². The number of aromatic nitrogens is 1. The number of ketones is 1. The second kappa shape index (κ2) is 8.53. The molecule has 144 valence electrons. The molecule has 1 aliphatic heterocycles. The Morgan fingerprint density at radius 1 is 1.11 bits per heavy atom. The minimum absolute atomic E-state index is 0.0165. The zero-order valence-electron chi connectivity index (χ0n) is 16.5. The average molecular weight is 367 g/mol. The molecule has 0 saturated carbocycles. The van der Waals surface area contributed by atoms with Gasteiger partial charge in [0.2, 0.25) is 0 Å². The Kier molecular flexibility index (Phi) is 6.11. The highest BCUT2D eigenvalue weighted by Crippen LogP contribution is 2.18. The van der Waals surface area contributed by atoms with Crippen molar-refractivity contribution in [1.29, 1.82) is 0 Å². The number of hydrogen-bond acceptors (Lipinski definition) is 3. The third kappa shape index (κ3) is 4.48. The quantitative estimate of drug-likeness (QED) is 0.798. The number of Topliss-reactive ketones (excluding diaryl/α,β-unsaturated/α-hetero) is 1. The maximum absolute atomic E-state index is 12.7. The first kappa shape index (κ1) is 19.4. The van der Waals surface area contributed by atoms with E-state index >= 15 is 0 Å². The number of nitrogens with one attached hydrogen (secondary N) is 1. The van der Waals surface area contributed by atoms with Gasteiger partial charge in [0.1, 0.15) is 0 Å². The zero-order valence-corrected chi connectivity index (χ0v) is 16.5. The number of amides is 1. The van der Waals surface area contributed by atoms with E-state index in [1.807, 2.05) is 50.2 Å². The van der Waals surface area contributed by atoms with Gasteiger partial charge in [0.15, 0.2) is 5.78 Å². The lowest BCUT2D eigenvalue weighted by molar-refractivity contribution is 0.0858. The predicted octanol–water partition coefficient (Wildman–Crippen LogP) is 3.20. The number of aryl methyl sites for hydroxylation is 1. The lowest BCUT2D eigenvalue weighted by Gasteiger charge is -2.31. The highest BCUT2D eigenvalue weighted by molar-refractivity contribution is 5.99. The molecule has 1 amide bonds. The molecule has 1 aliphatic rings. The molecule has 0 bridgehead atoms. The molecule has 1 saturated heterocycles. The van der Waals surface area contributed by atoms with E-state index in [1.54, 1.807) is 0 Å². The summed E-state index contributed by atoms with van der Waals surface area (Å²) in [6.45, 7) is 9.17. The number of rotatable bonds is 6. The lowest BCUT2D eigenvalue weighted by Crippen LogP contribution is -2.46. The number of nitrogens with zero attached hydrogens (tertiary/aromatic N) is 2. The van der Waals surface area contributed by atoms with E-state index in [2.05, 4.69) is 21.7 Å². The smallest absolute Gasteiger partial charge is 0.251 e. The number of carbonyl (C=O) groups excluding carboxylic acids is 2. The number of benzene rings is 1. The van der Waals surface area contributed by atoms with Crippen LogP contribution in [0.1, 0.15) is 51.9 Å². The van der Waals surface area contributed by atoms with Crippen molar-refractivity contribution in [3.8, 4) is 0 Å². The Labute approximate surface area is 161 Å². The van der Waals surface area contributed by atoms with Crippen LogP contribution in [0.15, 0.2) is 36.4 Å². The molecule has 5 nitrogen and oxygen atoms in total. The summed E-state index contributed by atoms with van der Waals surface area (Å²) >= 11 is 0. The minimum Gasteiger partial charge on any atom is -0.349 e. The number of hydrogen-bond donors (Lipinski definition) is 1. The van der Waals surface area contributed by atoms with Crippen LogP contribution in [0.3, 0.4) is 0 Å². The van der Waals surface area contributed by atoms with Crippen LogP contribution in [0.4, 0.5) is 0 Å². The highest BCUT2D eigenvalue weighted by atomic mass is 16.1. The van der Waals surface area contributed by atoms with Crippen LogP contribution in [0.5, 0.6) is 0 Å². The largest absolute Gasteiger partial charge is 0.349 e. The fourth-order valence-electron chi connectivity index (χ4n) is 3.95. The van der Waals surface area contributed by atoms with Gasteiger partial charge in [-0.15, -0.1) is 0 Å². The van der Waals surface area contributed by atoms with Crippen molar-refractivity contribution < 1.29 is 9.59 Å². The molecule has 0 radical (unpaired) electrons. The maximum atomic E-state index is 12.7. The number of piperidine rings is 1. The fraction of sp³-hybridized carbons (Fsp3) is 0.455. The summed E-state index contributed by atoms with van der Waals surface area (Å²) in [6, 6.07) is 11.5. The Balaban J connectivity index is 1.51. The van der Waals surface area contributed by atoms with Crippen molar-refractivity contribution in [1.82, 2.24) is 14.8 Å². The normalized spacial score (nSPS) is 15.7. The summed E-state index contributed by atoms with van der Waals surface area (Å²) in [6.07, 6.45) is 1.75. The number of carbonyl (C=O) groups is 2. The lowest BCUT2D eigenvalue weighted by atomic mass is 10.0. The molecule has 0 unspecified atom stereocenters. The van der Waals surface area contributed by atoms with E-state index in [4.69, 9.17) is 0 Å². The van der Waals surface area contributed by atoms with Crippen molar-refractivity contribution in [3.05, 3.63) is 58.9 Å². The van der Waals surface area contributed by atoms with Gasteiger partial charge in [0, 0.05) is 48.2 Å². The zero-order chi connectivity index (χ0) is 19.4. The van der Waals surface area contributed by atoms with Gasteiger partial charge < -0.3 is 9.88 Å². The van der Waals surface area contributed by atoms with Crippen LogP contribution < -0.4 is 5.32 Å². The topological polar surface area (TPSA) is 54.3 Å². The highest BCUT2D eigenvalue weighted by Gasteiger charge is 2.24. The van der Waals surface area contributed by atoms with Crippen LogP contribution in [-0.4, -0.2) is 46.8 Å². The molecular formula is C22H29N3O2. The van der Waals surface area contributed by atoms with E-state index in [1.165, 1.54) is 0 Å². The van der Waals surface area contributed by atoms with Gasteiger partial charge in [-0.1, -0.05) is 18.2 Å². The average Bonchev–Trinajstić information content (AvgIpc) is 2.97. The minimum atomic E-state index is -0.0165. The van der Waals surface area contributed by atoms with E-state index < -0.39 is 0 Å². The van der Waals surface area contributed by atoms with Gasteiger partial charge >= 0.3 is 0 Å². The Hall–Kier alpha value is -2.40. The van der Waals surface area contributed by atoms with Crippen LogP contribution >= 0.6 is 0 Å². The second-order valence-electron chi connectivity index (χ2n) is 7.34. The van der Waals surface area contributed by atoms with Gasteiger partial charge in [0.05, 0.1) is 6.54 Å².